The fraction of sp³-hybridized carbons (Fsp3) is 0.176. The number of nitrogens with zero attached hydrogens (tertiary/aromatic N) is 4. The fourth-order valence-electron chi connectivity index (χ4n) is 2.52. The maximum absolute atomic E-state index is 12.2. The summed E-state index contributed by atoms with van der Waals surface area (Å²) in [5.41, 5.74) is 1.17. The SMILES string of the molecule is Cc1nccn1-c1ccc(C(=O)NCc2ccc3c(c2)OCO3)nn1. The summed E-state index contributed by atoms with van der Waals surface area (Å²) >= 11 is 0. The molecule has 1 aromatic carbocycles. The van der Waals surface area contributed by atoms with Crippen LogP contribution in [0.3, 0.4) is 0 Å². The Morgan fingerprint density at radius 2 is 2.08 bits per heavy atom. The number of hydrogen-bond acceptors (Lipinski definition) is 6. The second kappa shape index (κ2) is 6.23. The zero-order chi connectivity index (χ0) is 17.2. The molecule has 1 amide bonds. The Morgan fingerprint density at radius 1 is 1.20 bits per heavy atom. The van der Waals surface area contributed by atoms with Crippen molar-refractivity contribution in [3.8, 4) is 17.3 Å². The average molecular weight is 337 g/mol. The third-order valence-corrected chi connectivity index (χ3v) is 3.85. The summed E-state index contributed by atoms with van der Waals surface area (Å²) in [4.78, 5) is 16.4. The van der Waals surface area contributed by atoms with Crippen molar-refractivity contribution in [2.75, 3.05) is 6.79 Å². The molecule has 4 rings (SSSR count). The molecule has 0 unspecified atom stereocenters. The Labute approximate surface area is 143 Å². The normalized spacial score (nSPS) is 12.2. The van der Waals surface area contributed by atoms with Gasteiger partial charge in [-0.1, -0.05) is 6.07 Å². The third kappa shape index (κ3) is 3.01. The maximum atomic E-state index is 12.2. The predicted molar refractivity (Wildman–Crippen MR) is 87.6 cm³/mol. The number of hydrogen-bond donors (Lipinski definition) is 1. The van der Waals surface area contributed by atoms with Crippen LogP contribution in [0, 0.1) is 6.92 Å². The van der Waals surface area contributed by atoms with Crippen LogP contribution < -0.4 is 14.8 Å². The molecule has 3 heterocycles. The van der Waals surface area contributed by atoms with Crippen LogP contribution in [-0.4, -0.2) is 32.4 Å². The van der Waals surface area contributed by atoms with E-state index in [4.69, 9.17) is 9.47 Å². The molecule has 0 fully saturated rings. The van der Waals surface area contributed by atoms with Gasteiger partial charge in [-0.05, 0) is 36.8 Å². The van der Waals surface area contributed by atoms with Gasteiger partial charge in [-0.15, -0.1) is 10.2 Å². The van der Waals surface area contributed by atoms with Gasteiger partial charge in [0.25, 0.3) is 5.91 Å². The molecule has 1 aliphatic rings. The fourth-order valence-corrected chi connectivity index (χ4v) is 2.52. The summed E-state index contributed by atoms with van der Waals surface area (Å²) in [5, 5.41) is 10.9. The molecule has 1 aliphatic heterocycles. The maximum Gasteiger partial charge on any atom is 0.272 e. The van der Waals surface area contributed by atoms with Crippen molar-refractivity contribution < 1.29 is 14.3 Å². The van der Waals surface area contributed by atoms with E-state index in [-0.39, 0.29) is 18.4 Å². The molecule has 0 saturated carbocycles. The van der Waals surface area contributed by atoms with E-state index in [2.05, 4.69) is 20.5 Å². The minimum absolute atomic E-state index is 0.226. The lowest BCUT2D eigenvalue weighted by Gasteiger charge is -2.07. The first kappa shape index (κ1) is 15.1. The van der Waals surface area contributed by atoms with E-state index in [1.54, 1.807) is 29.1 Å². The Kier molecular flexibility index (Phi) is 3.77. The number of rotatable bonds is 4. The summed E-state index contributed by atoms with van der Waals surface area (Å²) in [6.07, 6.45) is 3.47. The average Bonchev–Trinajstić information content (AvgIpc) is 3.28. The van der Waals surface area contributed by atoms with Gasteiger partial charge in [0.2, 0.25) is 6.79 Å². The van der Waals surface area contributed by atoms with Crippen LogP contribution in [-0.2, 0) is 6.54 Å². The lowest BCUT2D eigenvalue weighted by molar-refractivity contribution is 0.0945. The molecule has 0 aliphatic carbocycles. The Morgan fingerprint density at radius 3 is 2.84 bits per heavy atom. The molecule has 3 aromatic rings. The van der Waals surface area contributed by atoms with Crippen LogP contribution in [0.15, 0.2) is 42.7 Å². The number of carbonyl (C=O) groups is 1. The summed E-state index contributed by atoms with van der Waals surface area (Å²) in [6.45, 7) is 2.46. The summed E-state index contributed by atoms with van der Waals surface area (Å²) in [7, 11) is 0. The van der Waals surface area contributed by atoms with E-state index in [0.29, 0.717) is 23.9 Å². The highest BCUT2D eigenvalue weighted by molar-refractivity contribution is 5.92. The minimum atomic E-state index is -0.293. The van der Waals surface area contributed by atoms with Crippen LogP contribution in [0.5, 0.6) is 11.5 Å². The molecule has 0 radical (unpaired) electrons. The highest BCUT2D eigenvalue weighted by Crippen LogP contribution is 2.32. The van der Waals surface area contributed by atoms with E-state index >= 15 is 0 Å². The van der Waals surface area contributed by atoms with E-state index in [0.717, 1.165) is 11.4 Å². The zero-order valence-electron chi connectivity index (χ0n) is 13.5. The molecule has 0 saturated heterocycles. The van der Waals surface area contributed by atoms with E-state index in [1.165, 1.54) is 0 Å². The second-order valence-electron chi connectivity index (χ2n) is 5.49. The molecule has 1 N–H and O–H groups in total. The highest BCUT2D eigenvalue weighted by atomic mass is 16.7. The summed E-state index contributed by atoms with van der Waals surface area (Å²) < 4.78 is 12.4. The summed E-state index contributed by atoms with van der Waals surface area (Å²) in [6, 6.07) is 8.92. The number of amides is 1. The van der Waals surface area contributed by atoms with Crippen molar-refractivity contribution in [1.29, 1.82) is 0 Å². The van der Waals surface area contributed by atoms with Gasteiger partial charge >= 0.3 is 0 Å². The van der Waals surface area contributed by atoms with Crippen molar-refractivity contribution >= 4 is 5.91 Å². The Hall–Kier alpha value is -3.42. The third-order valence-electron chi connectivity index (χ3n) is 3.85. The number of imidazole rings is 1. The van der Waals surface area contributed by atoms with Crippen molar-refractivity contribution in [2.24, 2.45) is 0 Å². The number of ether oxygens (including phenoxy) is 2. The Bertz CT molecular complexity index is 920. The van der Waals surface area contributed by atoms with Gasteiger partial charge < -0.3 is 14.8 Å². The highest BCUT2D eigenvalue weighted by Gasteiger charge is 2.14. The standard InChI is InChI=1S/C17H15N5O3/c1-11-18-6-7-22(11)16-5-3-13(20-21-16)17(23)19-9-12-2-4-14-15(8-12)25-10-24-14/h2-8H,9-10H2,1H3,(H,19,23). The van der Waals surface area contributed by atoms with Gasteiger partial charge in [0.1, 0.15) is 5.82 Å². The van der Waals surface area contributed by atoms with Crippen molar-refractivity contribution in [2.45, 2.75) is 13.5 Å². The molecule has 2 aromatic heterocycles. The topological polar surface area (TPSA) is 91.2 Å². The van der Waals surface area contributed by atoms with Gasteiger partial charge in [0.05, 0.1) is 0 Å². The first-order valence-corrected chi connectivity index (χ1v) is 7.71. The lowest BCUT2D eigenvalue weighted by Crippen LogP contribution is -2.24. The summed E-state index contributed by atoms with van der Waals surface area (Å²) in [5.74, 6) is 2.52. The minimum Gasteiger partial charge on any atom is -0.454 e. The first-order chi connectivity index (χ1) is 12.2. The zero-order valence-corrected chi connectivity index (χ0v) is 13.5. The molecular formula is C17H15N5O3. The van der Waals surface area contributed by atoms with Crippen molar-refractivity contribution in [1.82, 2.24) is 25.1 Å². The lowest BCUT2D eigenvalue weighted by atomic mass is 10.2. The van der Waals surface area contributed by atoms with Crippen LogP contribution in [0.2, 0.25) is 0 Å². The smallest absolute Gasteiger partial charge is 0.272 e. The Balaban J connectivity index is 1.42. The molecule has 8 heteroatoms. The number of benzene rings is 1. The van der Waals surface area contributed by atoms with Crippen molar-refractivity contribution in [3.63, 3.8) is 0 Å². The molecule has 126 valence electrons. The van der Waals surface area contributed by atoms with Crippen LogP contribution in [0.1, 0.15) is 21.9 Å². The molecule has 25 heavy (non-hydrogen) atoms. The first-order valence-electron chi connectivity index (χ1n) is 7.71. The number of aryl methyl sites for hydroxylation is 1. The number of fused-ring (bicyclic) bond motifs is 1. The molecule has 0 spiro atoms. The van der Waals surface area contributed by atoms with Gasteiger partial charge in [-0.2, -0.15) is 0 Å². The molecule has 0 atom stereocenters. The number of aromatic nitrogens is 4. The molecule has 0 bridgehead atoms. The van der Waals surface area contributed by atoms with Crippen molar-refractivity contribution in [3.05, 3.63) is 59.8 Å². The predicted octanol–water partition coefficient (Wildman–Crippen LogP) is 1.63. The van der Waals surface area contributed by atoms with E-state index < -0.39 is 0 Å². The quantitative estimate of drug-likeness (QED) is 0.778. The van der Waals surface area contributed by atoms with Gasteiger partial charge in [0.15, 0.2) is 23.0 Å². The van der Waals surface area contributed by atoms with Gasteiger partial charge in [0, 0.05) is 18.9 Å². The van der Waals surface area contributed by atoms with Gasteiger partial charge in [-0.25, -0.2) is 4.98 Å². The van der Waals surface area contributed by atoms with Crippen LogP contribution >= 0.6 is 0 Å². The molecule has 8 nitrogen and oxygen atoms in total. The number of nitrogens with one attached hydrogen (secondary N) is 1. The second-order valence-corrected chi connectivity index (χ2v) is 5.49. The number of carbonyl (C=O) groups excluding carboxylic acids is 1. The van der Waals surface area contributed by atoms with Crippen LogP contribution in [0.4, 0.5) is 0 Å². The van der Waals surface area contributed by atoms with E-state index in [1.807, 2.05) is 25.1 Å². The van der Waals surface area contributed by atoms with Gasteiger partial charge in [-0.3, -0.25) is 9.36 Å². The van der Waals surface area contributed by atoms with Crippen LogP contribution in [0.25, 0.3) is 5.82 Å². The molecular weight excluding hydrogens is 322 g/mol. The van der Waals surface area contributed by atoms with E-state index in [9.17, 15) is 4.79 Å². The largest absolute Gasteiger partial charge is 0.454 e. The monoisotopic (exact) mass is 337 g/mol.